The van der Waals surface area contributed by atoms with E-state index in [1.54, 1.807) is 13.8 Å². The van der Waals surface area contributed by atoms with Crippen LogP contribution < -0.4 is 0 Å². The zero-order chi connectivity index (χ0) is 17.5. The van der Waals surface area contributed by atoms with Crippen LogP contribution in [0.25, 0.3) is 0 Å². The Labute approximate surface area is 129 Å². The Morgan fingerprint density at radius 2 is 1.55 bits per heavy atom. The first-order valence-electron chi connectivity index (χ1n) is 6.76. The van der Waals surface area contributed by atoms with Gasteiger partial charge in [0.25, 0.3) is 0 Å². The van der Waals surface area contributed by atoms with E-state index < -0.39 is 30.3 Å². The first-order chi connectivity index (χ1) is 9.95. The average molecular weight is 320 g/mol. The number of ether oxygens (including phenoxy) is 3. The van der Waals surface area contributed by atoms with Crippen molar-refractivity contribution in [2.24, 2.45) is 5.92 Å². The van der Waals surface area contributed by atoms with Gasteiger partial charge in [-0.25, -0.2) is 9.59 Å². The van der Waals surface area contributed by atoms with Crippen molar-refractivity contribution in [3.8, 4) is 0 Å². The molecular weight excluding hydrogens is 296 g/mol. The van der Waals surface area contributed by atoms with E-state index in [-0.39, 0.29) is 11.7 Å². The lowest BCUT2D eigenvalue weighted by atomic mass is 9.95. The van der Waals surface area contributed by atoms with Crippen molar-refractivity contribution in [3.05, 3.63) is 12.3 Å². The van der Waals surface area contributed by atoms with Crippen LogP contribution in [0.5, 0.6) is 0 Å². The van der Waals surface area contributed by atoms with E-state index in [2.05, 4.69) is 11.3 Å². The Hall–Kier alpha value is -1.80. The predicted octanol–water partition coefficient (Wildman–Crippen LogP) is 2.83. The molecule has 1 N–H and O–H groups in total. The van der Waals surface area contributed by atoms with Gasteiger partial charge in [-0.3, -0.25) is 0 Å². The lowest BCUT2D eigenvalue weighted by molar-refractivity contribution is -0.337. The van der Waals surface area contributed by atoms with Gasteiger partial charge >= 0.3 is 12.1 Å². The fourth-order valence-electron chi connectivity index (χ4n) is 0.972. The standard InChI is InChI=1S/C14H24O8/c1-8(2)14(6,7)22-21-9(3)12(15)19-10(4)18-11(5)20-13(16)17/h8,10-11H,3H2,1-2,4-7H3,(H,16,17). The molecule has 0 aliphatic heterocycles. The molecule has 22 heavy (non-hydrogen) atoms. The summed E-state index contributed by atoms with van der Waals surface area (Å²) in [5.74, 6) is -1.10. The van der Waals surface area contributed by atoms with E-state index in [0.29, 0.717) is 0 Å². The Morgan fingerprint density at radius 1 is 1.05 bits per heavy atom. The minimum absolute atomic E-state index is 0.146. The van der Waals surface area contributed by atoms with Crippen LogP contribution in [0.2, 0.25) is 0 Å². The summed E-state index contributed by atoms with van der Waals surface area (Å²) in [5.41, 5.74) is -0.616. The lowest BCUT2D eigenvalue weighted by Crippen LogP contribution is -2.32. The van der Waals surface area contributed by atoms with Gasteiger partial charge in [-0.1, -0.05) is 13.8 Å². The molecule has 0 aromatic rings. The molecule has 8 heteroatoms. The second-order valence-corrected chi connectivity index (χ2v) is 5.41. The van der Waals surface area contributed by atoms with Gasteiger partial charge in [-0.2, -0.15) is 4.89 Å². The molecule has 0 fully saturated rings. The third-order valence-electron chi connectivity index (χ3n) is 2.90. The molecule has 0 rings (SSSR count). The van der Waals surface area contributed by atoms with Crippen LogP contribution in [-0.2, 0) is 28.8 Å². The van der Waals surface area contributed by atoms with Gasteiger partial charge in [0, 0.05) is 0 Å². The molecule has 0 aliphatic carbocycles. The molecule has 2 atom stereocenters. The number of esters is 1. The smallest absolute Gasteiger partial charge is 0.450 e. The highest BCUT2D eigenvalue weighted by molar-refractivity contribution is 5.85. The largest absolute Gasteiger partial charge is 0.508 e. The van der Waals surface area contributed by atoms with Crippen LogP contribution in [0.15, 0.2) is 12.3 Å². The highest BCUT2D eigenvalue weighted by Crippen LogP contribution is 2.22. The molecule has 0 amide bonds. The molecule has 0 saturated heterocycles. The van der Waals surface area contributed by atoms with Gasteiger partial charge in [-0.05, 0) is 40.2 Å². The van der Waals surface area contributed by atoms with Crippen molar-refractivity contribution in [3.63, 3.8) is 0 Å². The van der Waals surface area contributed by atoms with E-state index in [4.69, 9.17) is 24.4 Å². The zero-order valence-corrected chi connectivity index (χ0v) is 13.7. The summed E-state index contributed by atoms with van der Waals surface area (Å²) in [6, 6.07) is 0. The highest BCUT2D eigenvalue weighted by Gasteiger charge is 2.27. The van der Waals surface area contributed by atoms with E-state index >= 15 is 0 Å². The van der Waals surface area contributed by atoms with Crippen LogP contribution in [0, 0.1) is 5.92 Å². The second-order valence-electron chi connectivity index (χ2n) is 5.41. The maximum atomic E-state index is 11.7. The number of hydrogen-bond acceptors (Lipinski definition) is 7. The molecule has 0 radical (unpaired) electrons. The van der Waals surface area contributed by atoms with Gasteiger partial charge in [0.15, 0.2) is 0 Å². The molecule has 2 unspecified atom stereocenters. The summed E-state index contributed by atoms with van der Waals surface area (Å²) in [6.07, 6.45) is -3.64. The average Bonchev–Trinajstić information content (AvgIpc) is 2.34. The fourth-order valence-corrected chi connectivity index (χ4v) is 0.972. The monoisotopic (exact) mass is 320 g/mol. The SMILES string of the molecule is C=C(OOC(C)(C)C(C)C)C(=O)OC(C)OC(C)OC(=O)O. The minimum Gasteiger partial charge on any atom is -0.450 e. The maximum absolute atomic E-state index is 11.7. The topological polar surface area (TPSA) is 101 Å². The van der Waals surface area contributed by atoms with E-state index in [9.17, 15) is 9.59 Å². The third-order valence-corrected chi connectivity index (χ3v) is 2.90. The Kier molecular flexibility index (Phi) is 7.89. The van der Waals surface area contributed by atoms with E-state index in [1.165, 1.54) is 13.8 Å². The Morgan fingerprint density at radius 3 is 2.00 bits per heavy atom. The summed E-state index contributed by atoms with van der Waals surface area (Å²) in [5, 5.41) is 8.40. The maximum Gasteiger partial charge on any atom is 0.508 e. The molecular formula is C14H24O8. The number of carbonyl (C=O) groups excluding carboxylic acids is 1. The van der Waals surface area contributed by atoms with E-state index in [1.807, 2.05) is 13.8 Å². The van der Waals surface area contributed by atoms with Crippen molar-refractivity contribution in [2.75, 3.05) is 0 Å². The highest BCUT2D eigenvalue weighted by atomic mass is 17.2. The second kappa shape index (κ2) is 8.60. The van der Waals surface area contributed by atoms with Gasteiger partial charge in [0.2, 0.25) is 18.3 Å². The van der Waals surface area contributed by atoms with E-state index in [0.717, 1.165) is 0 Å². The molecule has 0 aliphatic rings. The molecule has 0 aromatic heterocycles. The van der Waals surface area contributed by atoms with Crippen LogP contribution in [0.1, 0.15) is 41.5 Å². The van der Waals surface area contributed by atoms with Crippen molar-refractivity contribution >= 4 is 12.1 Å². The van der Waals surface area contributed by atoms with Crippen LogP contribution in [0.4, 0.5) is 4.79 Å². The van der Waals surface area contributed by atoms with Gasteiger partial charge in [0.1, 0.15) is 5.60 Å². The summed E-state index contributed by atoms with van der Waals surface area (Å²) in [7, 11) is 0. The van der Waals surface area contributed by atoms with Crippen molar-refractivity contribution in [1.82, 2.24) is 0 Å². The van der Waals surface area contributed by atoms with Crippen LogP contribution in [0.3, 0.4) is 0 Å². The minimum atomic E-state index is -1.50. The van der Waals surface area contributed by atoms with Crippen LogP contribution >= 0.6 is 0 Å². The zero-order valence-electron chi connectivity index (χ0n) is 13.7. The normalized spacial score (nSPS) is 14.1. The molecule has 0 spiro atoms. The van der Waals surface area contributed by atoms with Gasteiger partial charge in [0.05, 0.1) is 0 Å². The first kappa shape index (κ1) is 20.2. The number of hydrogen-bond donors (Lipinski definition) is 1. The molecule has 8 nitrogen and oxygen atoms in total. The number of rotatable bonds is 9. The van der Waals surface area contributed by atoms with Crippen molar-refractivity contribution < 1.29 is 38.7 Å². The van der Waals surface area contributed by atoms with Gasteiger partial charge in [-0.15, -0.1) is 0 Å². The quantitative estimate of drug-likeness (QED) is 0.173. The summed E-state index contributed by atoms with van der Waals surface area (Å²) in [6.45, 7) is 13.6. The molecule has 0 aromatic carbocycles. The van der Waals surface area contributed by atoms with Crippen LogP contribution in [-0.4, -0.2) is 35.4 Å². The van der Waals surface area contributed by atoms with Gasteiger partial charge < -0.3 is 24.2 Å². The molecule has 0 heterocycles. The third kappa shape index (κ3) is 7.84. The Bertz CT molecular complexity index is 402. The summed E-state index contributed by atoms with van der Waals surface area (Å²) >= 11 is 0. The number of carboxylic acid groups (broad SMARTS) is 1. The van der Waals surface area contributed by atoms with Crippen molar-refractivity contribution in [1.29, 1.82) is 0 Å². The molecule has 0 saturated carbocycles. The predicted molar refractivity (Wildman–Crippen MR) is 75.4 cm³/mol. The lowest BCUT2D eigenvalue weighted by Gasteiger charge is -2.27. The summed E-state index contributed by atoms with van der Waals surface area (Å²) in [4.78, 5) is 32.0. The first-order valence-corrected chi connectivity index (χ1v) is 6.76. The molecule has 128 valence electrons. The fraction of sp³-hybridized carbons (Fsp3) is 0.714. The Balaban J connectivity index is 4.25. The summed E-state index contributed by atoms with van der Waals surface area (Å²) < 4.78 is 14.1. The molecule has 0 bridgehead atoms. The van der Waals surface area contributed by atoms with Crippen molar-refractivity contribution in [2.45, 2.75) is 59.7 Å². The number of carbonyl (C=O) groups is 2.